The van der Waals surface area contributed by atoms with Crippen LogP contribution >= 0.6 is 11.9 Å². The number of carbonyl (C=O) groups excluding carboxylic acids is 1. The number of anilines is 2. The van der Waals surface area contributed by atoms with Crippen molar-refractivity contribution in [2.24, 2.45) is 5.92 Å². The fourth-order valence-corrected chi connectivity index (χ4v) is 2.98. The molecule has 1 aromatic heterocycles. The van der Waals surface area contributed by atoms with E-state index >= 15 is 0 Å². The number of nitrogens with one attached hydrogen (secondary N) is 2. The Morgan fingerprint density at radius 2 is 2.04 bits per heavy atom. The molecule has 0 radical (unpaired) electrons. The zero-order valence-corrected chi connectivity index (χ0v) is 13.7. The second-order valence-electron chi connectivity index (χ2n) is 5.48. The molecule has 0 atom stereocenters. The predicted octanol–water partition coefficient (Wildman–Crippen LogP) is 4.70. The van der Waals surface area contributed by atoms with Crippen molar-refractivity contribution in [3.8, 4) is 0 Å². The zero-order chi connectivity index (χ0) is 16.9. The van der Waals surface area contributed by atoms with E-state index in [1.165, 1.54) is 11.9 Å². The lowest BCUT2D eigenvalue weighted by atomic mass is 9.88. The number of hydrogen-bond acceptors (Lipinski definition) is 4. The summed E-state index contributed by atoms with van der Waals surface area (Å²) in [5, 5.41) is 2.62. The van der Waals surface area contributed by atoms with Gasteiger partial charge in [-0.3, -0.25) is 4.79 Å². The molecule has 0 saturated heterocycles. The van der Waals surface area contributed by atoms with E-state index in [-0.39, 0.29) is 23.3 Å². The molecule has 8 heteroatoms. The summed E-state index contributed by atoms with van der Waals surface area (Å²) in [6.45, 7) is 1.90. The molecule has 0 aromatic carbocycles. The summed E-state index contributed by atoms with van der Waals surface area (Å²) in [7, 11) is 0. The molecule has 0 unspecified atom stereocenters. The molecule has 128 valence electrons. The quantitative estimate of drug-likeness (QED) is 0.758. The van der Waals surface area contributed by atoms with E-state index < -0.39 is 11.7 Å². The number of carbonyl (C=O) groups is 1. The van der Waals surface area contributed by atoms with Gasteiger partial charge >= 0.3 is 6.18 Å². The highest BCUT2D eigenvalue weighted by Crippen LogP contribution is 2.34. The van der Waals surface area contributed by atoms with Crippen LogP contribution in [0, 0.1) is 5.92 Å². The van der Waals surface area contributed by atoms with Crippen molar-refractivity contribution in [1.82, 2.24) is 4.98 Å². The van der Waals surface area contributed by atoms with Crippen molar-refractivity contribution in [2.75, 3.05) is 15.8 Å². The van der Waals surface area contributed by atoms with Gasteiger partial charge in [-0.25, -0.2) is 4.98 Å². The SMILES string of the molecule is CCSNc1ncc(C(F)(F)F)cc1NC(=O)C1CCCCC1. The predicted molar refractivity (Wildman–Crippen MR) is 86.2 cm³/mol. The van der Waals surface area contributed by atoms with Crippen molar-refractivity contribution in [3.63, 3.8) is 0 Å². The van der Waals surface area contributed by atoms with E-state index in [0.29, 0.717) is 0 Å². The Morgan fingerprint density at radius 3 is 2.65 bits per heavy atom. The number of aromatic nitrogens is 1. The molecule has 0 bridgehead atoms. The van der Waals surface area contributed by atoms with Gasteiger partial charge in [0, 0.05) is 17.9 Å². The first kappa shape index (κ1) is 17.9. The minimum Gasteiger partial charge on any atom is -0.323 e. The van der Waals surface area contributed by atoms with Crippen LogP contribution in [0.2, 0.25) is 0 Å². The number of nitrogens with zero attached hydrogens (tertiary/aromatic N) is 1. The molecule has 1 heterocycles. The molecule has 1 aliphatic carbocycles. The highest BCUT2D eigenvalue weighted by atomic mass is 32.2. The van der Waals surface area contributed by atoms with Crippen molar-refractivity contribution in [1.29, 1.82) is 0 Å². The molecule has 2 N–H and O–H groups in total. The third-order valence-corrected chi connectivity index (χ3v) is 4.39. The number of hydrogen-bond donors (Lipinski definition) is 2. The van der Waals surface area contributed by atoms with Crippen LogP contribution in [0.1, 0.15) is 44.6 Å². The summed E-state index contributed by atoms with van der Waals surface area (Å²) < 4.78 is 41.5. The van der Waals surface area contributed by atoms with Crippen LogP contribution in [0.5, 0.6) is 0 Å². The van der Waals surface area contributed by atoms with Gasteiger partial charge in [-0.05, 0) is 18.9 Å². The van der Waals surface area contributed by atoms with Crippen LogP contribution in [0.25, 0.3) is 0 Å². The Labute approximate surface area is 137 Å². The summed E-state index contributed by atoms with van der Waals surface area (Å²) in [5.74, 6) is 0.605. The molecule has 1 fully saturated rings. The second-order valence-corrected chi connectivity index (χ2v) is 6.55. The monoisotopic (exact) mass is 347 g/mol. The van der Waals surface area contributed by atoms with Crippen molar-refractivity contribution >= 4 is 29.4 Å². The van der Waals surface area contributed by atoms with Gasteiger partial charge in [-0.15, -0.1) is 0 Å². The maximum atomic E-state index is 12.9. The van der Waals surface area contributed by atoms with Gasteiger partial charge in [0.05, 0.1) is 11.3 Å². The molecule has 1 saturated carbocycles. The summed E-state index contributed by atoms with van der Waals surface area (Å²) in [5.41, 5.74) is -0.792. The van der Waals surface area contributed by atoms with Crippen LogP contribution in [0.4, 0.5) is 24.7 Å². The largest absolute Gasteiger partial charge is 0.417 e. The normalized spacial score (nSPS) is 16.2. The van der Waals surface area contributed by atoms with Gasteiger partial charge < -0.3 is 10.0 Å². The Bertz CT molecular complexity index is 545. The van der Waals surface area contributed by atoms with E-state index in [1.54, 1.807) is 0 Å². The first-order valence-electron chi connectivity index (χ1n) is 7.67. The highest BCUT2D eigenvalue weighted by Gasteiger charge is 2.32. The number of pyridine rings is 1. The van der Waals surface area contributed by atoms with Crippen LogP contribution in [0.3, 0.4) is 0 Å². The number of amides is 1. The number of halogens is 3. The van der Waals surface area contributed by atoms with Crippen molar-refractivity contribution < 1.29 is 18.0 Å². The molecular formula is C15H20F3N3OS. The summed E-state index contributed by atoms with van der Waals surface area (Å²) in [4.78, 5) is 16.1. The Hall–Kier alpha value is -1.44. The third-order valence-electron chi connectivity index (χ3n) is 3.76. The van der Waals surface area contributed by atoms with E-state index in [9.17, 15) is 18.0 Å². The Kier molecular flexibility index (Phi) is 6.15. The fourth-order valence-electron chi connectivity index (χ4n) is 2.54. The number of rotatable bonds is 5. The average molecular weight is 347 g/mol. The molecule has 2 rings (SSSR count). The van der Waals surface area contributed by atoms with Gasteiger partial charge in [0.15, 0.2) is 5.82 Å². The van der Waals surface area contributed by atoms with Crippen LogP contribution in [-0.2, 0) is 11.0 Å². The molecule has 0 aliphatic heterocycles. The molecule has 23 heavy (non-hydrogen) atoms. The smallest absolute Gasteiger partial charge is 0.323 e. The highest BCUT2D eigenvalue weighted by molar-refractivity contribution is 8.00. The minimum absolute atomic E-state index is 0.0800. The Balaban J connectivity index is 2.19. The van der Waals surface area contributed by atoms with E-state index in [4.69, 9.17) is 0 Å². The summed E-state index contributed by atoms with van der Waals surface area (Å²) >= 11 is 1.31. The van der Waals surface area contributed by atoms with Crippen molar-refractivity contribution in [3.05, 3.63) is 17.8 Å². The van der Waals surface area contributed by atoms with Crippen molar-refractivity contribution in [2.45, 2.75) is 45.2 Å². The first-order valence-corrected chi connectivity index (χ1v) is 8.66. The lowest BCUT2D eigenvalue weighted by molar-refractivity contribution is -0.137. The fraction of sp³-hybridized carbons (Fsp3) is 0.600. The lowest BCUT2D eigenvalue weighted by Gasteiger charge is -2.22. The van der Waals surface area contributed by atoms with Gasteiger partial charge in [0.2, 0.25) is 5.91 Å². The molecule has 4 nitrogen and oxygen atoms in total. The maximum Gasteiger partial charge on any atom is 0.417 e. The van der Waals surface area contributed by atoms with E-state index in [2.05, 4.69) is 15.0 Å². The van der Waals surface area contributed by atoms with Crippen LogP contribution in [0.15, 0.2) is 12.3 Å². The third kappa shape index (κ3) is 5.02. The van der Waals surface area contributed by atoms with Gasteiger partial charge in [0.1, 0.15) is 0 Å². The van der Waals surface area contributed by atoms with Crippen LogP contribution < -0.4 is 10.0 Å². The van der Waals surface area contributed by atoms with Gasteiger partial charge in [-0.2, -0.15) is 13.2 Å². The first-order chi connectivity index (χ1) is 10.9. The molecule has 1 aliphatic rings. The van der Waals surface area contributed by atoms with Gasteiger partial charge in [0.25, 0.3) is 0 Å². The summed E-state index contributed by atoms with van der Waals surface area (Å²) in [6, 6.07) is 0.937. The molecule has 1 amide bonds. The van der Waals surface area contributed by atoms with E-state index in [0.717, 1.165) is 50.1 Å². The summed E-state index contributed by atoms with van der Waals surface area (Å²) in [6.07, 6.45) is 0.915. The maximum absolute atomic E-state index is 12.9. The molecular weight excluding hydrogens is 327 g/mol. The topological polar surface area (TPSA) is 54.0 Å². The number of alkyl halides is 3. The van der Waals surface area contributed by atoms with E-state index in [1.807, 2.05) is 6.92 Å². The Morgan fingerprint density at radius 1 is 1.35 bits per heavy atom. The average Bonchev–Trinajstić information content (AvgIpc) is 2.53. The molecule has 1 aromatic rings. The second kappa shape index (κ2) is 7.90. The minimum atomic E-state index is -4.49. The lowest BCUT2D eigenvalue weighted by Crippen LogP contribution is -2.25. The van der Waals surface area contributed by atoms with Crippen LogP contribution in [-0.4, -0.2) is 16.6 Å². The zero-order valence-electron chi connectivity index (χ0n) is 12.9. The van der Waals surface area contributed by atoms with Gasteiger partial charge in [-0.1, -0.05) is 38.1 Å². The molecule has 0 spiro atoms. The standard InChI is InChI=1S/C15H20F3N3OS/c1-2-23-21-13-12(8-11(9-19-13)15(16,17)18)20-14(22)10-6-4-3-5-7-10/h8-10H,2-7H2,1H3,(H,19,21)(H,20,22).